The van der Waals surface area contributed by atoms with Crippen molar-refractivity contribution in [3.8, 4) is 11.5 Å². The van der Waals surface area contributed by atoms with Crippen molar-refractivity contribution in [3.05, 3.63) is 54.1 Å². The van der Waals surface area contributed by atoms with E-state index in [1.165, 1.54) is 7.11 Å². The summed E-state index contributed by atoms with van der Waals surface area (Å²) in [5, 5.41) is 5.00. The molecule has 0 atom stereocenters. The van der Waals surface area contributed by atoms with Gasteiger partial charge in [0.25, 0.3) is 11.8 Å². The lowest BCUT2D eigenvalue weighted by Gasteiger charge is -2.09. The average molecular weight is 372 g/mol. The number of ether oxygens (including phenoxy) is 3. The first kappa shape index (κ1) is 19.8. The highest BCUT2D eigenvalue weighted by Gasteiger charge is 2.14. The fourth-order valence-electron chi connectivity index (χ4n) is 2.15. The molecular formula is C19H20N2O6. The Morgan fingerprint density at radius 2 is 1.63 bits per heavy atom. The largest absolute Gasteiger partial charge is 0.497 e. The maximum Gasteiger partial charge on any atom is 0.325 e. The van der Waals surface area contributed by atoms with Gasteiger partial charge in [0, 0.05) is 5.69 Å². The van der Waals surface area contributed by atoms with E-state index in [0.29, 0.717) is 22.7 Å². The Morgan fingerprint density at radius 1 is 0.926 bits per heavy atom. The Balaban J connectivity index is 1.75. The third-order valence-corrected chi connectivity index (χ3v) is 3.48. The van der Waals surface area contributed by atoms with Crippen LogP contribution >= 0.6 is 0 Å². The van der Waals surface area contributed by atoms with Crippen molar-refractivity contribution in [2.75, 3.05) is 32.7 Å². The molecule has 0 bridgehead atoms. The van der Waals surface area contributed by atoms with E-state index in [9.17, 15) is 14.4 Å². The van der Waals surface area contributed by atoms with E-state index >= 15 is 0 Å². The van der Waals surface area contributed by atoms with Crippen LogP contribution in [0.5, 0.6) is 11.5 Å². The Hall–Kier alpha value is -3.55. The van der Waals surface area contributed by atoms with Crippen LogP contribution in [0.4, 0.5) is 5.69 Å². The molecule has 0 aliphatic rings. The summed E-state index contributed by atoms with van der Waals surface area (Å²) in [4.78, 5) is 35.6. The van der Waals surface area contributed by atoms with Crippen molar-refractivity contribution in [3.63, 3.8) is 0 Å². The smallest absolute Gasteiger partial charge is 0.325 e. The standard InChI is InChI=1S/C19H20N2O6/c1-25-14-9-7-13(8-10-14)21-17(22)12-27-18(23)11-20-19(24)15-5-3-4-6-16(15)26-2/h3-10H,11-12H2,1-2H3,(H,20,24)(H,21,22). The third-order valence-electron chi connectivity index (χ3n) is 3.48. The normalized spacial score (nSPS) is 9.85. The molecule has 2 aromatic rings. The number of para-hydroxylation sites is 1. The number of hydrogen-bond donors (Lipinski definition) is 2. The zero-order chi connectivity index (χ0) is 19.6. The molecule has 0 aliphatic heterocycles. The Morgan fingerprint density at radius 3 is 2.30 bits per heavy atom. The topological polar surface area (TPSA) is 103 Å². The summed E-state index contributed by atoms with van der Waals surface area (Å²) in [5.74, 6) is -0.660. The van der Waals surface area contributed by atoms with E-state index < -0.39 is 24.4 Å². The molecule has 0 saturated carbocycles. The lowest BCUT2D eigenvalue weighted by atomic mass is 10.2. The van der Waals surface area contributed by atoms with Crippen LogP contribution < -0.4 is 20.1 Å². The van der Waals surface area contributed by atoms with E-state index in [-0.39, 0.29) is 6.54 Å². The van der Waals surface area contributed by atoms with Gasteiger partial charge in [-0.15, -0.1) is 0 Å². The zero-order valence-corrected chi connectivity index (χ0v) is 15.0. The number of carbonyl (C=O) groups excluding carboxylic acids is 3. The molecule has 142 valence electrons. The summed E-state index contributed by atoms with van der Waals surface area (Å²) >= 11 is 0. The summed E-state index contributed by atoms with van der Waals surface area (Å²) in [7, 11) is 2.99. The molecule has 27 heavy (non-hydrogen) atoms. The Kier molecular flexibility index (Phi) is 7.18. The molecule has 0 heterocycles. The second kappa shape index (κ2) is 9.81. The molecule has 0 aromatic heterocycles. The van der Waals surface area contributed by atoms with Gasteiger partial charge < -0.3 is 24.8 Å². The molecule has 0 spiro atoms. The van der Waals surface area contributed by atoms with Gasteiger partial charge in [-0.2, -0.15) is 0 Å². The Bertz CT molecular complexity index is 804. The number of esters is 1. The number of hydrogen-bond acceptors (Lipinski definition) is 6. The van der Waals surface area contributed by atoms with Crippen LogP contribution in [0.3, 0.4) is 0 Å². The number of amides is 2. The SMILES string of the molecule is COc1ccc(NC(=O)COC(=O)CNC(=O)c2ccccc2OC)cc1. The van der Waals surface area contributed by atoms with Gasteiger partial charge >= 0.3 is 5.97 Å². The first-order valence-corrected chi connectivity index (χ1v) is 8.04. The molecule has 0 radical (unpaired) electrons. The minimum atomic E-state index is -0.733. The van der Waals surface area contributed by atoms with Crippen LogP contribution in [0.25, 0.3) is 0 Å². The number of anilines is 1. The molecule has 8 nitrogen and oxygen atoms in total. The molecule has 2 aromatic carbocycles. The summed E-state index contributed by atoms with van der Waals surface area (Å²) in [6.45, 7) is -0.831. The fourth-order valence-corrected chi connectivity index (χ4v) is 2.15. The van der Waals surface area contributed by atoms with Gasteiger partial charge in [0.1, 0.15) is 18.0 Å². The van der Waals surface area contributed by atoms with Crippen LogP contribution in [0, 0.1) is 0 Å². The molecule has 2 N–H and O–H groups in total. The maximum atomic E-state index is 12.1. The molecule has 0 saturated heterocycles. The van der Waals surface area contributed by atoms with Gasteiger partial charge in [-0.25, -0.2) is 0 Å². The second-order valence-electron chi connectivity index (χ2n) is 5.32. The van der Waals surface area contributed by atoms with Crippen LogP contribution in [0.2, 0.25) is 0 Å². The minimum absolute atomic E-state index is 0.296. The fraction of sp³-hybridized carbons (Fsp3) is 0.211. The molecule has 8 heteroatoms. The number of nitrogens with one attached hydrogen (secondary N) is 2. The highest BCUT2D eigenvalue weighted by Crippen LogP contribution is 2.17. The van der Waals surface area contributed by atoms with Crippen molar-refractivity contribution in [1.82, 2.24) is 5.32 Å². The maximum absolute atomic E-state index is 12.1. The lowest BCUT2D eigenvalue weighted by molar-refractivity contribution is -0.146. The van der Waals surface area contributed by atoms with Crippen molar-refractivity contribution in [2.24, 2.45) is 0 Å². The second-order valence-corrected chi connectivity index (χ2v) is 5.32. The molecule has 2 rings (SSSR count). The number of rotatable bonds is 8. The van der Waals surface area contributed by atoms with Crippen LogP contribution in [-0.4, -0.2) is 45.2 Å². The number of carbonyl (C=O) groups is 3. The third kappa shape index (κ3) is 6.03. The van der Waals surface area contributed by atoms with Crippen molar-refractivity contribution in [1.29, 1.82) is 0 Å². The first-order chi connectivity index (χ1) is 13.0. The highest BCUT2D eigenvalue weighted by atomic mass is 16.5. The van der Waals surface area contributed by atoms with Gasteiger partial charge in [-0.05, 0) is 36.4 Å². The monoisotopic (exact) mass is 372 g/mol. The summed E-state index contributed by atoms with van der Waals surface area (Å²) in [6.07, 6.45) is 0. The molecule has 0 aliphatic carbocycles. The van der Waals surface area contributed by atoms with Crippen LogP contribution in [-0.2, 0) is 14.3 Å². The summed E-state index contributed by atoms with van der Waals surface area (Å²) < 4.78 is 14.9. The molecule has 0 fully saturated rings. The van der Waals surface area contributed by atoms with Gasteiger partial charge in [0.15, 0.2) is 6.61 Å². The van der Waals surface area contributed by atoms with Crippen LogP contribution in [0.15, 0.2) is 48.5 Å². The minimum Gasteiger partial charge on any atom is -0.497 e. The predicted octanol–water partition coefficient (Wildman–Crippen LogP) is 1.62. The predicted molar refractivity (Wildman–Crippen MR) is 97.9 cm³/mol. The van der Waals surface area contributed by atoms with Gasteiger partial charge in [0.05, 0.1) is 19.8 Å². The summed E-state index contributed by atoms with van der Waals surface area (Å²) in [5.41, 5.74) is 0.839. The van der Waals surface area contributed by atoms with Crippen molar-refractivity contribution >= 4 is 23.5 Å². The van der Waals surface area contributed by atoms with Crippen molar-refractivity contribution < 1.29 is 28.6 Å². The molecule has 0 unspecified atom stereocenters. The van der Waals surface area contributed by atoms with E-state index in [1.807, 2.05) is 0 Å². The van der Waals surface area contributed by atoms with E-state index in [2.05, 4.69) is 10.6 Å². The van der Waals surface area contributed by atoms with Gasteiger partial charge in [0.2, 0.25) is 0 Å². The highest BCUT2D eigenvalue weighted by molar-refractivity contribution is 5.98. The van der Waals surface area contributed by atoms with E-state index in [1.54, 1.807) is 55.6 Å². The van der Waals surface area contributed by atoms with Crippen molar-refractivity contribution in [2.45, 2.75) is 0 Å². The van der Waals surface area contributed by atoms with Gasteiger partial charge in [-0.1, -0.05) is 12.1 Å². The summed E-state index contributed by atoms with van der Waals surface area (Å²) in [6, 6.07) is 13.3. The molecular weight excluding hydrogens is 352 g/mol. The quantitative estimate of drug-likeness (QED) is 0.683. The average Bonchev–Trinajstić information content (AvgIpc) is 2.71. The van der Waals surface area contributed by atoms with E-state index in [4.69, 9.17) is 14.2 Å². The number of methoxy groups -OCH3 is 2. The molecule has 2 amide bonds. The van der Waals surface area contributed by atoms with E-state index in [0.717, 1.165) is 0 Å². The van der Waals surface area contributed by atoms with Crippen LogP contribution in [0.1, 0.15) is 10.4 Å². The zero-order valence-electron chi connectivity index (χ0n) is 15.0. The lowest BCUT2D eigenvalue weighted by Crippen LogP contribution is -2.32. The first-order valence-electron chi connectivity index (χ1n) is 8.04. The van der Waals surface area contributed by atoms with Gasteiger partial charge in [-0.3, -0.25) is 14.4 Å². The Labute approximate surface area is 156 Å². The number of benzene rings is 2.